The molecule has 222 valence electrons. The average Bonchev–Trinajstić information content (AvgIpc) is 3.51. The third-order valence-electron chi connectivity index (χ3n) is 9.96. The van der Waals surface area contributed by atoms with Crippen molar-refractivity contribution in [2.24, 2.45) is 0 Å². The van der Waals surface area contributed by atoms with Gasteiger partial charge in [0.15, 0.2) is 5.82 Å². The van der Waals surface area contributed by atoms with Gasteiger partial charge in [-0.1, -0.05) is 23.2 Å². The summed E-state index contributed by atoms with van der Waals surface area (Å²) < 4.78 is 37.5. The zero-order chi connectivity index (χ0) is 28.7. The lowest BCUT2D eigenvalue weighted by Crippen LogP contribution is -2.51. The summed E-state index contributed by atoms with van der Waals surface area (Å²) in [5.74, 6) is 0.127. The molecule has 1 aromatic heterocycles. The predicted molar refractivity (Wildman–Crippen MR) is 159 cm³/mol. The highest BCUT2D eigenvalue weighted by Crippen LogP contribution is 2.51. The van der Waals surface area contributed by atoms with E-state index < -0.39 is 12.0 Å². The summed E-state index contributed by atoms with van der Waals surface area (Å²) in [6.45, 7) is 2.99. The summed E-state index contributed by atoms with van der Waals surface area (Å²) >= 11 is 13.4. The summed E-state index contributed by atoms with van der Waals surface area (Å²) in [5.41, 5.74) is 1.16. The maximum atomic E-state index is 16.8. The highest BCUT2D eigenvalue weighted by molar-refractivity contribution is 6.35. The number of piperazine rings is 1. The number of hydrogen-bond acceptors (Lipinski definition) is 7. The average molecular weight is 617 g/mol. The molecule has 11 heteroatoms. The number of alkyl halides is 1. The summed E-state index contributed by atoms with van der Waals surface area (Å²) in [5, 5.41) is 15.2. The van der Waals surface area contributed by atoms with Gasteiger partial charge in [0, 0.05) is 54.1 Å². The van der Waals surface area contributed by atoms with Crippen LogP contribution in [0.3, 0.4) is 0 Å². The molecular formula is C31H33Cl2F2N5O2. The van der Waals surface area contributed by atoms with Crippen LogP contribution in [0.1, 0.15) is 56.4 Å². The molecule has 5 aliphatic rings. The molecule has 2 bridgehead atoms. The summed E-state index contributed by atoms with van der Waals surface area (Å²) in [6.07, 6.45) is 5.44. The van der Waals surface area contributed by atoms with Crippen molar-refractivity contribution in [3.63, 3.8) is 0 Å². The normalized spacial score (nSPS) is 29.0. The largest absolute Gasteiger partial charge is 0.508 e. The summed E-state index contributed by atoms with van der Waals surface area (Å²) in [4.78, 5) is 13.8. The molecular weight excluding hydrogens is 583 g/mol. The Balaban J connectivity index is 1.26. The highest BCUT2D eigenvalue weighted by Gasteiger charge is 2.49. The monoisotopic (exact) mass is 615 g/mol. The molecule has 3 aromatic rings. The summed E-state index contributed by atoms with van der Waals surface area (Å²) in [6, 6.07) is 5.50. The maximum absolute atomic E-state index is 16.8. The Morgan fingerprint density at radius 2 is 1.83 bits per heavy atom. The standard InChI is InChI=1S/C31H33Cl2F2N5O2/c32-23-9-20(41)8-21(25(23)16-2-3-16)26-24(33)10-22-28(27(26)35)37-30(38-29(22)39-13-18-4-5-19(14-39)36-18)42-15-31-6-1-7-40(31)12-17(34)11-31/h8-10,16-19,36,41H,1-7,11-15H2/t17-,18?,19?,31+/m1/s1. The van der Waals surface area contributed by atoms with Crippen LogP contribution in [0.25, 0.3) is 22.0 Å². The topological polar surface area (TPSA) is 73.8 Å². The number of rotatable bonds is 6. The van der Waals surface area contributed by atoms with Crippen LogP contribution in [0.2, 0.25) is 10.0 Å². The lowest BCUT2D eigenvalue weighted by atomic mass is 9.94. The van der Waals surface area contributed by atoms with E-state index >= 15 is 4.39 Å². The van der Waals surface area contributed by atoms with E-state index in [1.54, 1.807) is 6.07 Å². The Bertz CT molecular complexity index is 1580. The fraction of sp³-hybridized carbons (Fsp3) is 0.548. The van der Waals surface area contributed by atoms with E-state index in [1.165, 1.54) is 12.1 Å². The molecule has 4 aliphatic heterocycles. The number of aromatic nitrogens is 2. The van der Waals surface area contributed by atoms with E-state index in [-0.39, 0.29) is 45.9 Å². The number of fused-ring (bicyclic) bond motifs is 4. The van der Waals surface area contributed by atoms with E-state index in [0.717, 1.165) is 63.7 Å². The van der Waals surface area contributed by atoms with Gasteiger partial charge in [-0.2, -0.15) is 9.97 Å². The van der Waals surface area contributed by atoms with E-state index in [1.807, 2.05) is 0 Å². The number of halogens is 4. The molecule has 4 atom stereocenters. The minimum Gasteiger partial charge on any atom is -0.508 e. The molecule has 0 spiro atoms. The fourth-order valence-corrected chi connectivity index (χ4v) is 8.59. The molecule has 42 heavy (non-hydrogen) atoms. The molecule has 4 saturated heterocycles. The first-order valence-corrected chi connectivity index (χ1v) is 15.8. The lowest BCUT2D eigenvalue weighted by Gasteiger charge is -2.34. The maximum Gasteiger partial charge on any atom is 0.319 e. The van der Waals surface area contributed by atoms with Gasteiger partial charge in [0.2, 0.25) is 0 Å². The molecule has 0 radical (unpaired) electrons. The zero-order valence-electron chi connectivity index (χ0n) is 23.2. The summed E-state index contributed by atoms with van der Waals surface area (Å²) in [7, 11) is 0. The Hall–Kier alpha value is -2.46. The lowest BCUT2D eigenvalue weighted by molar-refractivity contribution is 0.107. The molecule has 1 saturated carbocycles. The van der Waals surface area contributed by atoms with Gasteiger partial charge in [0.25, 0.3) is 0 Å². The first-order valence-electron chi connectivity index (χ1n) is 15.0. The van der Waals surface area contributed by atoms with Crippen LogP contribution in [-0.4, -0.2) is 76.6 Å². The predicted octanol–water partition coefficient (Wildman–Crippen LogP) is 6.22. The molecule has 7 nitrogen and oxygen atoms in total. The van der Waals surface area contributed by atoms with E-state index in [9.17, 15) is 9.50 Å². The van der Waals surface area contributed by atoms with Crippen LogP contribution in [0.4, 0.5) is 14.6 Å². The van der Waals surface area contributed by atoms with Crippen LogP contribution in [0.15, 0.2) is 18.2 Å². The van der Waals surface area contributed by atoms with Gasteiger partial charge in [0.05, 0.1) is 10.6 Å². The number of hydrogen-bond donors (Lipinski definition) is 2. The van der Waals surface area contributed by atoms with Crippen LogP contribution in [0, 0.1) is 5.82 Å². The molecule has 0 amide bonds. The number of anilines is 1. The number of ether oxygens (including phenoxy) is 1. The van der Waals surface area contributed by atoms with E-state index in [0.29, 0.717) is 46.8 Å². The minimum absolute atomic E-state index is 0.0539. The number of phenols is 1. The van der Waals surface area contributed by atoms with Crippen LogP contribution in [0.5, 0.6) is 11.8 Å². The van der Waals surface area contributed by atoms with Gasteiger partial charge in [0.1, 0.15) is 29.9 Å². The molecule has 2 N–H and O–H groups in total. The van der Waals surface area contributed by atoms with Crippen molar-refractivity contribution in [1.82, 2.24) is 20.2 Å². The number of nitrogens with zero attached hydrogens (tertiary/aromatic N) is 4. The smallest absolute Gasteiger partial charge is 0.319 e. The molecule has 8 rings (SSSR count). The molecule has 5 fully saturated rings. The van der Waals surface area contributed by atoms with Gasteiger partial charge >= 0.3 is 6.01 Å². The van der Waals surface area contributed by atoms with Gasteiger partial charge in [-0.05, 0) is 80.3 Å². The second kappa shape index (κ2) is 10.0. The van der Waals surface area contributed by atoms with Gasteiger partial charge in [-0.3, -0.25) is 4.90 Å². The first-order chi connectivity index (χ1) is 20.3. The second-order valence-corrected chi connectivity index (χ2v) is 13.7. The number of nitrogens with one attached hydrogen (secondary N) is 1. The molecule has 2 aromatic carbocycles. The van der Waals surface area contributed by atoms with Crippen molar-refractivity contribution >= 4 is 39.9 Å². The molecule has 2 unspecified atom stereocenters. The van der Waals surface area contributed by atoms with Crippen LogP contribution in [-0.2, 0) is 0 Å². The quantitative estimate of drug-likeness (QED) is 0.341. The second-order valence-electron chi connectivity index (χ2n) is 12.8. The van der Waals surface area contributed by atoms with E-state index in [4.69, 9.17) is 32.9 Å². The third-order valence-corrected chi connectivity index (χ3v) is 10.6. The number of aromatic hydroxyl groups is 1. The van der Waals surface area contributed by atoms with Crippen molar-refractivity contribution in [1.29, 1.82) is 0 Å². The third kappa shape index (κ3) is 4.50. The molecule has 5 heterocycles. The van der Waals surface area contributed by atoms with Gasteiger partial charge < -0.3 is 20.1 Å². The van der Waals surface area contributed by atoms with Gasteiger partial charge in [-0.15, -0.1) is 0 Å². The number of phenolic OH excluding ortho intramolecular Hbond substituents is 1. The van der Waals surface area contributed by atoms with Crippen molar-refractivity contribution < 1.29 is 18.6 Å². The Morgan fingerprint density at radius 3 is 2.60 bits per heavy atom. The van der Waals surface area contributed by atoms with Crippen molar-refractivity contribution in [3.8, 4) is 22.9 Å². The molecule has 1 aliphatic carbocycles. The zero-order valence-corrected chi connectivity index (χ0v) is 24.7. The highest BCUT2D eigenvalue weighted by atomic mass is 35.5. The first kappa shape index (κ1) is 27.1. The SMILES string of the molecule is Oc1cc(Cl)c(C2CC2)c(-c2c(Cl)cc3c(N4CC5CCC(C4)N5)nc(OC[C@@]45CCCN4C[C@H](F)C5)nc3c2F)c1. The van der Waals surface area contributed by atoms with Crippen LogP contribution < -0.4 is 15.0 Å². The van der Waals surface area contributed by atoms with Crippen molar-refractivity contribution in [3.05, 3.63) is 39.6 Å². The van der Waals surface area contributed by atoms with Crippen LogP contribution >= 0.6 is 23.2 Å². The van der Waals surface area contributed by atoms with Crippen molar-refractivity contribution in [2.75, 3.05) is 37.7 Å². The van der Waals surface area contributed by atoms with Crippen molar-refractivity contribution in [2.45, 2.75) is 74.7 Å². The van der Waals surface area contributed by atoms with E-state index in [2.05, 4.69) is 20.1 Å². The minimum atomic E-state index is -0.879. The number of benzene rings is 2. The Labute approximate surface area is 253 Å². The Morgan fingerprint density at radius 1 is 1.05 bits per heavy atom. The fourth-order valence-electron chi connectivity index (χ4n) is 7.93. The van der Waals surface area contributed by atoms with Gasteiger partial charge in [-0.25, -0.2) is 8.78 Å². The Kier molecular flexibility index (Phi) is 6.48.